The summed E-state index contributed by atoms with van der Waals surface area (Å²) >= 11 is 5.97. The van der Waals surface area contributed by atoms with Crippen LogP contribution in [0.1, 0.15) is 34.6 Å². The number of halogens is 2. The average molecular weight is 425 g/mol. The van der Waals surface area contributed by atoms with E-state index in [1.165, 1.54) is 29.6 Å². The standard InChI is InChI=1S/C21H18ClFN6O/c1-11-6-16(23)14(20-26-19(27-28-20)7-12-2-3-12)8-17(11)25-21(30)15-9-24-29-10-13(22)4-5-18(15)29/h4-6,8-10,12H,2-3,7H2,1H3,(H,25,30)(H,26,27,28). The fourth-order valence-electron chi connectivity index (χ4n) is 3.40. The molecule has 1 fully saturated rings. The second-order valence-electron chi connectivity index (χ2n) is 7.59. The lowest BCUT2D eigenvalue weighted by molar-refractivity contribution is 0.102. The number of nitrogens with zero attached hydrogens (tertiary/aromatic N) is 4. The van der Waals surface area contributed by atoms with Gasteiger partial charge >= 0.3 is 0 Å². The third-order valence-electron chi connectivity index (χ3n) is 5.24. The van der Waals surface area contributed by atoms with E-state index in [2.05, 4.69) is 25.6 Å². The zero-order valence-corrected chi connectivity index (χ0v) is 16.9. The Morgan fingerprint density at radius 3 is 3.00 bits per heavy atom. The molecule has 1 amide bonds. The Labute approximate surface area is 176 Å². The number of benzene rings is 1. The Bertz CT molecular complexity index is 1280. The summed E-state index contributed by atoms with van der Waals surface area (Å²) in [7, 11) is 0. The molecule has 0 atom stereocenters. The smallest absolute Gasteiger partial charge is 0.259 e. The van der Waals surface area contributed by atoms with E-state index < -0.39 is 5.82 Å². The van der Waals surface area contributed by atoms with Crippen LogP contribution in [0.4, 0.5) is 10.1 Å². The molecular weight excluding hydrogens is 407 g/mol. The minimum atomic E-state index is -0.437. The maximum atomic E-state index is 14.6. The summed E-state index contributed by atoms with van der Waals surface area (Å²) in [6, 6.07) is 6.36. The molecule has 30 heavy (non-hydrogen) atoms. The van der Waals surface area contributed by atoms with E-state index in [1.807, 2.05) is 0 Å². The summed E-state index contributed by atoms with van der Waals surface area (Å²) in [4.78, 5) is 17.3. The van der Waals surface area contributed by atoms with Crippen molar-refractivity contribution in [1.82, 2.24) is 24.8 Å². The van der Waals surface area contributed by atoms with Gasteiger partial charge in [-0.3, -0.25) is 9.89 Å². The Balaban J connectivity index is 1.44. The molecule has 1 aromatic carbocycles. The minimum absolute atomic E-state index is 0.237. The van der Waals surface area contributed by atoms with Gasteiger partial charge in [0, 0.05) is 18.3 Å². The van der Waals surface area contributed by atoms with Crippen LogP contribution in [0, 0.1) is 18.7 Å². The van der Waals surface area contributed by atoms with Gasteiger partial charge < -0.3 is 5.32 Å². The number of H-pyrrole nitrogens is 1. The van der Waals surface area contributed by atoms with Crippen molar-refractivity contribution in [3.63, 3.8) is 0 Å². The number of carbonyl (C=O) groups is 1. The number of rotatable bonds is 5. The molecule has 1 saturated carbocycles. The maximum Gasteiger partial charge on any atom is 0.259 e. The van der Waals surface area contributed by atoms with Crippen LogP contribution in [-0.2, 0) is 6.42 Å². The van der Waals surface area contributed by atoms with Crippen molar-refractivity contribution in [3.05, 3.63) is 64.5 Å². The van der Waals surface area contributed by atoms with E-state index in [0.717, 1.165) is 12.2 Å². The molecular formula is C21H18ClFN6O. The number of hydrogen-bond acceptors (Lipinski definition) is 4. The molecule has 0 aliphatic heterocycles. The highest BCUT2D eigenvalue weighted by Gasteiger charge is 2.24. The van der Waals surface area contributed by atoms with Crippen LogP contribution < -0.4 is 5.32 Å². The van der Waals surface area contributed by atoms with Crippen molar-refractivity contribution in [3.8, 4) is 11.4 Å². The van der Waals surface area contributed by atoms with Gasteiger partial charge in [-0.2, -0.15) is 10.2 Å². The number of hydrogen-bond donors (Lipinski definition) is 2. The van der Waals surface area contributed by atoms with E-state index in [0.29, 0.717) is 33.3 Å². The second kappa shape index (κ2) is 7.21. The summed E-state index contributed by atoms with van der Waals surface area (Å²) in [5, 5.41) is 14.6. The largest absolute Gasteiger partial charge is 0.322 e. The van der Waals surface area contributed by atoms with Crippen molar-refractivity contribution in [2.45, 2.75) is 26.2 Å². The topological polar surface area (TPSA) is 88.0 Å². The predicted octanol–water partition coefficient (Wildman–Crippen LogP) is 4.43. The molecule has 9 heteroatoms. The summed E-state index contributed by atoms with van der Waals surface area (Å²) in [6.07, 6.45) is 6.31. The summed E-state index contributed by atoms with van der Waals surface area (Å²) < 4.78 is 16.2. The van der Waals surface area contributed by atoms with E-state index in [1.54, 1.807) is 31.3 Å². The third-order valence-corrected chi connectivity index (χ3v) is 5.46. The molecule has 1 aliphatic carbocycles. The highest BCUT2D eigenvalue weighted by molar-refractivity contribution is 6.30. The number of aromatic amines is 1. The molecule has 0 radical (unpaired) electrons. The lowest BCUT2D eigenvalue weighted by atomic mass is 10.1. The van der Waals surface area contributed by atoms with Crippen LogP contribution in [-0.4, -0.2) is 30.7 Å². The summed E-state index contributed by atoms with van der Waals surface area (Å²) in [5.74, 6) is 0.891. The van der Waals surface area contributed by atoms with E-state index in [4.69, 9.17) is 11.6 Å². The molecule has 5 rings (SSSR count). The molecule has 0 saturated heterocycles. The van der Waals surface area contributed by atoms with Crippen molar-refractivity contribution >= 4 is 28.7 Å². The Morgan fingerprint density at radius 2 is 2.20 bits per heavy atom. The molecule has 0 spiro atoms. The van der Waals surface area contributed by atoms with Crippen LogP contribution in [0.2, 0.25) is 5.02 Å². The van der Waals surface area contributed by atoms with E-state index >= 15 is 0 Å². The summed E-state index contributed by atoms with van der Waals surface area (Å²) in [5.41, 5.74) is 2.33. The average Bonchev–Trinajstić information content (AvgIpc) is 3.23. The predicted molar refractivity (Wildman–Crippen MR) is 111 cm³/mol. The highest BCUT2D eigenvalue weighted by Crippen LogP contribution is 2.32. The molecule has 152 valence electrons. The monoisotopic (exact) mass is 424 g/mol. The maximum absolute atomic E-state index is 14.6. The first-order chi connectivity index (χ1) is 14.5. The van der Waals surface area contributed by atoms with Gasteiger partial charge in [0.05, 0.1) is 27.9 Å². The molecule has 0 bridgehead atoms. The first kappa shape index (κ1) is 18.7. The van der Waals surface area contributed by atoms with Gasteiger partial charge in [0.25, 0.3) is 5.91 Å². The number of pyridine rings is 1. The van der Waals surface area contributed by atoms with Crippen LogP contribution in [0.5, 0.6) is 0 Å². The quantitative estimate of drug-likeness (QED) is 0.496. The number of aromatic nitrogens is 5. The number of carbonyl (C=O) groups excluding carboxylic acids is 1. The molecule has 3 aromatic heterocycles. The van der Waals surface area contributed by atoms with Crippen LogP contribution in [0.3, 0.4) is 0 Å². The lowest BCUT2D eigenvalue weighted by Gasteiger charge is -2.10. The zero-order chi connectivity index (χ0) is 20.8. The third kappa shape index (κ3) is 3.54. The number of aryl methyl sites for hydroxylation is 1. The second-order valence-corrected chi connectivity index (χ2v) is 8.03. The number of anilines is 1. The molecule has 0 unspecified atom stereocenters. The molecule has 4 aromatic rings. The van der Waals surface area contributed by atoms with Crippen molar-refractivity contribution in [1.29, 1.82) is 0 Å². The number of nitrogens with one attached hydrogen (secondary N) is 2. The lowest BCUT2D eigenvalue weighted by Crippen LogP contribution is -2.13. The van der Waals surface area contributed by atoms with Crippen LogP contribution >= 0.6 is 11.6 Å². The Hall–Kier alpha value is -3.26. The molecule has 1 aliphatic rings. The molecule has 3 heterocycles. The summed E-state index contributed by atoms with van der Waals surface area (Å²) in [6.45, 7) is 1.73. The van der Waals surface area contributed by atoms with Crippen LogP contribution in [0.15, 0.2) is 36.7 Å². The van der Waals surface area contributed by atoms with Gasteiger partial charge in [-0.1, -0.05) is 11.6 Å². The number of fused-ring (bicyclic) bond motifs is 1. The van der Waals surface area contributed by atoms with Gasteiger partial charge in [-0.05, 0) is 55.5 Å². The van der Waals surface area contributed by atoms with Crippen molar-refractivity contribution in [2.24, 2.45) is 5.92 Å². The fourth-order valence-corrected chi connectivity index (χ4v) is 3.56. The molecule has 7 nitrogen and oxygen atoms in total. The Morgan fingerprint density at radius 1 is 1.37 bits per heavy atom. The van der Waals surface area contributed by atoms with Gasteiger partial charge in [0.2, 0.25) is 0 Å². The zero-order valence-electron chi connectivity index (χ0n) is 16.1. The molecule has 2 N–H and O–H groups in total. The van der Waals surface area contributed by atoms with Gasteiger partial charge in [0.1, 0.15) is 11.6 Å². The van der Waals surface area contributed by atoms with E-state index in [-0.39, 0.29) is 17.3 Å². The van der Waals surface area contributed by atoms with Gasteiger partial charge in [-0.25, -0.2) is 13.9 Å². The number of amides is 1. The van der Waals surface area contributed by atoms with Gasteiger partial charge in [-0.15, -0.1) is 0 Å². The van der Waals surface area contributed by atoms with Gasteiger partial charge in [0.15, 0.2) is 5.82 Å². The fraction of sp³-hybridized carbons (Fsp3) is 0.238. The minimum Gasteiger partial charge on any atom is -0.322 e. The SMILES string of the molecule is Cc1cc(F)c(-c2n[nH]c(CC3CC3)n2)cc1NC(=O)c1cnn2cc(Cl)ccc12. The Kier molecular flexibility index (Phi) is 4.51. The van der Waals surface area contributed by atoms with Crippen LogP contribution in [0.25, 0.3) is 16.9 Å². The highest BCUT2D eigenvalue weighted by atomic mass is 35.5. The first-order valence-corrected chi connectivity index (χ1v) is 10.0. The first-order valence-electron chi connectivity index (χ1n) is 9.64. The normalized spacial score (nSPS) is 13.7. The van der Waals surface area contributed by atoms with Crippen molar-refractivity contribution < 1.29 is 9.18 Å². The van der Waals surface area contributed by atoms with E-state index in [9.17, 15) is 9.18 Å². The van der Waals surface area contributed by atoms with Crippen molar-refractivity contribution in [2.75, 3.05) is 5.32 Å².